The molecular weight excluding hydrogens is 194 g/mol. The van der Waals surface area contributed by atoms with Crippen molar-refractivity contribution in [2.45, 2.75) is 6.92 Å². The van der Waals surface area contributed by atoms with Gasteiger partial charge >= 0.3 is 0 Å². The van der Waals surface area contributed by atoms with Crippen LogP contribution in [0.2, 0.25) is 0 Å². The van der Waals surface area contributed by atoms with Gasteiger partial charge in [-0.05, 0) is 18.6 Å². The minimum atomic E-state index is -0.224. The van der Waals surface area contributed by atoms with Crippen LogP contribution in [0.3, 0.4) is 0 Å². The molecule has 4 heteroatoms. The number of benzene rings is 1. The Kier molecular flexibility index (Phi) is 2.04. The summed E-state index contributed by atoms with van der Waals surface area (Å²) in [4.78, 5) is 24.4. The molecule has 0 bridgehead atoms. The van der Waals surface area contributed by atoms with E-state index in [-0.39, 0.29) is 16.9 Å². The number of rotatable bonds is 1. The number of pyridine rings is 1. The van der Waals surface area contributed by atoms with E-state index in [2.05, 4.69) is 4.98 Å². The molecule has 0 saturated carbocycles. The molecule has 0 atom stereocenters. The van der Waals surface area contributed by atoms with Crippen LogP contribution in [-0.4, -0.2) is 16.4 Å². The highest BCUT2D eigenvalue weighted by Gasteiger charge is 2.05. The fourth-order valence-electron chi connectivity index (χ4n) is 1.57. The van der Waals surface area contributed by atoms with E-state index in [1.807, 2.05) is 0 Å². The zero-order chi connectivity index (χ0) is 11.0. The smallest absolute Gasteiger partial charge is 0.248 e. The Labute approximate surface area is 85.2 Å². The second kappa shape index (κ2) is 3.24. The van der Waals surface area contributed by atoms with Gasteiger partial charge in [0.05, 0.1) is 11.1 Å². The van der Waals surface area contributed by atoms with E-state index in [1.54, 1.807) is 13.0 Å². The molecule has 2 rings (SSSR count). The number of aromatic nitrogens is 1. The van der Waals surface area contributed by atoms with E-state index in [4.69, 9.17) is 0 Å². The molecule has 0 aliphatic heterocycles. The van der Waals surface area contributed by atoms with Crippen LogP contribution >= 0.6 is 0 Å². The summed E-state index contributed by atoms with van der Waals surface area (Å²) in [5.41, 5.74) is 1.30. The number of phenols is 1. The molecule has 76 valence electrons. The average molecular weight is 203 g/mol. The molecule has 2 N–H and O–H groups in total. The number of phenolic OH excluding ortho intramolecular Hbond substituents is 1. The Balaban J connectivity index is 2.93. The summed E-state index contributed by atoms with van der Waals surface area (Å²) in [7, 11) is 0. The Hall–Kier alpha value is -2.10. The van der Waals surface area contributed by atoms with Crippen molar-refractivity contribution in [3.63, 3.8) is 0 Å². The summed E-state index contributed by atoms with van der Waals surface area (Å²) < 4.78 is 0. The van der Waals surface area contributed by atoms with Crippen LogP contribution in [0.15, 0.2) is 23.0 Å². The molecule has 1 heterocycles. The minimum absolute atomic E-state index is 0.126. The number of aryl methyl sites for hydroxylation is 1. The van der Waals surface area contributed by atoms with Crippen LogP contribution in [0.25, 0.3) is 10.9 Å². The van der Waals surface area contributed by atoms with Crippen molar-refractivity contribution in [1.29, 1.82) is 0 Å². The van der Waals surface area contributed by atoms with Gasteiger partial charge in [0.15, 0.2) is 6.29 Å². The summed E-state index contributed by atoms with van der Waals surface area (Å²) in [6, 6.07) is 4.39. The van der Waals surface area contributed by atoms with Gasteiger partial charge in [0, 0.05) is 17.5 Å². The van der Waals surface area contributed by atoms with E-state index in [0.717, 1.165) is 10.9 Å². The van der Waals surface area contributed by atoms with Crippen molar-refractivity contribution in [2.75, 3.05) is 0 Å². The molecule has 0 unspecified atom stereocenters. The molecule has 0 radical (unpaired) electrons. The van der Waals surface area contributed by atoms with Crippen LogP contribution < -0.4 is 5.56 Å². The van der Waals surface area contributed by atoms with E-state index in [9.17, 15) is 14.7 Å². The van der Waals surface area contributed by atoms with Crippen LogP contribution in [0.1, 0.15) is 15.9 Å². The Morgan fingerprint density at radius 1 is 1.33 bits per heavy atom. The molecule has 0 aliphatic rings. The summed E-state index contributed by atoms with van der Waals surface area (Å²) in [5.74, 6) is -0.126. The first kappa shape index (κ1) is 9.45. The van der Waals surface area contributed by atoms with Crippen LogP contribution in [0.5, 0.6) is 5.75 Å². The van der Waals surface area contributed by atoms with Crippen LogP contribution in [-0.2, 0) is 0 Å². The van der Waals surface area contributed by atoms with Gasteiger partial charge in [-0.15, -0.1) is 0 Å². The highest BCUT2D eigenvalue weighted by Crippen LogP contribution is 2.23. The number of fused-ring (bicyclic) bond motifs is 1. The third-order valence-electron chi connectivity index (χ3n) is 2.32. The lowest BCUT2D eigenvalue weighted by molar-refractivity contribution is 0.112. The molecule has 0 saturated heterocycles. The third-order valence-corrected chi connectivity index (χ3v) is 2.32. The molecule has 0 aliphatic carbocycles. The lowest BCUT2D eigenvalue weighted by Crippen LogP contribution is -2.05. The zero-order valence-corrected chi connectivity index (χ0v) is 8.07. The number of H-pyrrole nitrogens is 1. The monoisotopic (exact) mass is 203 g/mol. The second-order valence-electron chi connectivity index (χ2n) is 3.39. The Morgan fingerprint density at radius 3 is 2.73 bits per heavy atom. The van der Waals surface area contributed by atoms with Gasteiger partial charge in [-0.1, -0.05) is 0 Å². The fraction of sp³-hybridized carbons (Fsp3) is 0.0909. The summed E-state index contributed by atoms with van der Waals surface area (Å²) in [6.45, 7) is 1.78. The van der Waals surface area contributed by atoms with E-state index >= 15 is 0 Å². The van der Waals surface area contributed by atoms with Gasteiger partial charge in [-0.25, -0.2) is 0 Å². The van der Waals surface area contributed by atoms with Crippen LogP contribution in [0, 0.1) is 6.92 Å². The molecule has 0 amide bonds. The number of nitrogens with one attached hydrogen (secondary N) is 1. The molecule has 0 spiro atoms. The van der Waals surface area contributed by atoms with Gasteiger partial charge in [-0.2, -0.15) is 0 Å². The van der Waals surface area contributed by atoms with Crippen molar-refractivity contribution in [3.8, 4) is 5.75 Å². The van der Waals surface area contributed by atoms with Gasteiger partial charge in [-0.3, -0.25) is 9.59 Å². The Bertz CT molecular complexity index is 599. The standard InChI is InChI=1S/C11H9NO3/c1-6-2-11(15)12-9-4-10(14)7(5-13)3-8(6)9/h2-5,14H,1H3,(H,12,15). The molecule has 0 fully saturated rings. The van der Waals surface area contributed by atoms with Gasteiger partial charge < -0.3 is 10.1 Å². The van der Waals surface area contributed by atoms with Crippen molar-refractivity contribution in [3.05, 3.63) is 39.7 Å². The second-order valence-corrected chi connectivity index (χ2v) is 3.39. The molecule has 2 aromatic rings. The summed E-state index contributed by atoms with van der Waals surface area (Å²) >= 11 is 0. The largest absolute Gasteiger partial charge is 0.507 e. The molecule has 15 heavy (non-hydrogen) atoms. The number of aldehydes is 1. The maximum Gasteiger partial charge on any atom is 0.248 e. The predicted molar refractivity (Wildman–Crippen MR) is 56.4 cm³/mol. The number of carbonyl (C=O) groups excluding carboxylic acids is 1. The van der Waals surface area contributed by atoms with E-state index in [0.29, 0.717) is 11.8 Å². The Morgan fingerprint density at radius 2 is 2.07 bits per heavy atom. The fourth-order valence-corrected chi connectivity index (χ4v) is 1.57. The number of aromatic amines is 1. The highest BCUT2D eigenvalue weighted by atomic mass is 16.3. The first-order chi connectivity index (χ1) is 7.11. The van der Waals surface area contributed by atoms with E-state index in [1.165, 1.54) is 12.1 Å². The van der Waals surface area contributed by atoms with E-state index < -0.39 is 0 Å². The maximum absolute atomic E-state index is 11.2. The van der Waals surface area contributed by atoms with Crippen LogP contribution in [0.4, 0.5) is 0 Å². The average Bonchev–Trinajstić information content (AvgIpc) is 2.16. The summed E-state index contributed by atoms with van der Waals surface area (Å²) in [5, 5.41) is 10.2. The topological polar surface area (TPSA) is 70.2 Å². The maximum atomic E-state index is 11.2. The summed E-state index contributed by atoms with van der Waals surface area (Å²) in [6.07, 6.45) is 0.583. The number of carbonyl (C=O) groups is 1. The first-order valence-electron chi connectivity index (χ1n) is 4.43. The SMILES string of the molecule is Cc1cc(=O)[nH]c2cc(O)c(C=O)cc12. The molecular formula is C11H9NO3. The predicted octanol–water partition coefficient (Wildman–Crippen LogP) is 1.35. The zero-order valence-electron chi connectivity index (χ0n) is 8.07. The van der Waals surface area contributed by atoms with Crippen molar-refractivity contribution < 1.29 is 9.90 Å². The number of hydrogen-bond donors (Lipinski definition) is 2. The first-order valence-corrected chi connectivity index (χ1v) is 4.43. The minimum Gasteiger partial charge on any atom is -0.507 e. The van der Waals surface area contributed by atoms with Crippen molar-refractivity contribution in [2.24, 2.45) is 0 Å². The quantitative estimate of drug-likeness (QED) is 0.687. The molecule has 1 aromatic heterocycles. The molecule has 1 aromatic carbocycles. The third kappa shape index (κ3) is 1.50. The number of aromatic hydroxyl groups is 1. The highest BCUT2D eigenvalue weighted by molar-refractivity contribution is 5.91. The number of hydrogen-bond acceptors (Lipinski definition) is 3. The lowest BCUT2D eigenvalue weighted by Gasteiger charge is -2.04. The molecule has 4 nitrogen and oxygen atoms in total. The van der Waals surface area contributed by atoms with Crippen molar-refractivity contribution >= 4 is 17.2 Å². The van der Waals surface area contributed by atoms with Crippen molar-refractivity contribution in [1.82, 2.24) is 4.98 Å². The normalized spacial score (nSPS) is 10.5. The van der Waals surface area contributed by atoms with Gasteiger partial charge in [0.2, 0.25) is 5.56 Å². The lowest BCUT2D eigenvalue weighted by atomic mass is 10.1. The van der Waals surface area contributed by atoms with Gasteiger partial charge in [0.25, 0.3) is 0 Å². The van der Waals surface area contributed by atoms with Gasteiger partial charge in [0.1, 0.15) is 5.75 Å².